The molecule has 1 aliphatic heterocycles. The molecule has 1 saturated carbocycles. The summed E-state index contributed by atoms with van der Waals surface area (Å²) in [5.74, 6) is 0.530. The van der Waals surface area contributed by atoms with E-state index in [0.717, 1.165) is 30.0 Å². The quantitative estimate of drug-likeness (QED) is 0.712. The summed E-state index contributed by atoms with van der Waals surface area (Å²) in [7, 11) is -3.62. The lowest BCUT2D eigenvalue weighted by molar-refractivity contribution is -0.408. The summed E-state index contributed by atoms with van der Waals surface area (Å²) < 4.78 is 29.4. The Bertz CT molecular complexity index is 1040. The van der Waals surface area contributed by atoms with Gasteiger partial charge in [-0.1, -0.05) is 50.2 Å². The second-order valence-corrected chi connectivity index (χ2v) is 11.2. The molecule has 2 aromatic carbocycles. The lowest BCUT2D eigenvalue weighted by Crippen LogP contribution is -2.69. The van der Waals surface area contributed by atoms with Crippen LogP contribution in [0.5, 0.6) is 0 Å². The second kappa shape index (κ2) is 8.88. The minimum Gasteiger partial charge on any atom is -0.347 e. The summed E-state index contributed by atoms with van der Waals surface area (Å²) in [5.41, 5.74) is 4.06. The Kier molecular flexibility index (Phi) is 6.37. The standard InChI is InChI=1S/C24H33N3O3S/c1-17(2)16-22(25)24(28)26-14-12-20(13-15-26)27(19-10-11-19)31(29,30)23-9-5-7-18-6-3-4-8-21(18)23/h3-9,17,19-20,22H,10-16,25H2,1-2H3/p+1/t22-/m1/s1. The molecule has 0 bridgehead atoms. The highest BCUT2D eigenvalue weighted by Crippen LogP contribution is 2.38. The first kappa shape index (κ1) is 22.2. The molecule has 6 nitrogen and oxygen atoms in total. The van der Waals surface area contributed by atoms with Gasteiger partial charge in [-0.05, 0) is 43.1 Å². The largest absolute Gasteiger partial charge is 0.347 e. The smallest absolute Gasteiger partial charge is 0.280 e. The molecular formula is C24H34N3O3S+. The summed E-state index contributed by atoms with van der Waals surface area (Å²) in [6, 6.07) is 13.0. The zero-order chi connectivity index (χ0) is 22.2. The van der Waals surface area contributed by atoms with Crippen LogP contribution in [0, 0.1) is 5.92 Å². The van der Waals surface area contributed by atoms with E-state index in [1.807, 2.05) is 41.3 Å². The maximum atomic E-state index is 13.8. The number of carbonyl (C=O) groups is 1. The molecule has 3 N–H and O–H groups in total. The number of likely N-dealkylation sites (tertiary alicyclic amines) is 1. The number of hydrogen-bond donors (Lipinski definition) is 1. The predicted octanol–water partition coefficient (Wildman–Crippen LogP) is 2.64. The number of fused-ring (bicyclic) bond motifs is 1. The average Bonchev–Trinajstić information content (AvgIpc) is 3.57. The van der Waals surface area contributed by atoms with E-state index in [4.69, 9.17) is 0 Å². The molecule has 0 aromatic heterocycles. The van der Waals surface area contributed by atoms with Crippen LogP contribution in [-0.2, 0) is 14.8 Å². The lowest BCUT2D eigenvalue weighted by atomic mass is 10.0. The number of hydrogen-bond acceptors (Lipinski definition) is 3. The first-order valence-electron chi connectivity index (χ1n) is 11.4. The van der Waals surface area contributed by atoms with Crippen LogP contribution in [0.2, 0.25) is 0 Å². The molecule has 1 amide bonds. The van der Waals surface area contributed by atoms with Gasteiger partial charge < -0.3 is 10.6 Å². The van der Waals surface area contributed by atoms with Crippen LogP contribution >= 0.6 is 0 Å². The van der Waals surface area contributed by atoms with Crippen molar-refractivity contribution in [2.75, 3.05) is 13.1 Å². The first-order valence-corrected chi connectivity index (χ1v) is 12.9. The SMILES string of the molecule is CC(C)C[C@@H]([NH3+])C(=O)N1CCC(N(C2CC2)S(=O)(=O)c2cccc3ccccc23)CC1. The average molecular weight is 445 g/mol. The van der Waals surface area contributed by atoms with Gasteiger partial charge in [-0.25, -0.2) is 8.42 Å². The topological polar surface area (TPSA) is 85.3 Å². The molecule has 31 heavy (non-hydrogen) atoms. The minimum absolute atomic E-state index is 0.0612. The second-order valence-electron chi connectivity index (χ2n) is 9.43. The third kappa shape index (κ3) is 4.64. The molecule has 0 radical (unpaired) electrons. The van der Waals surface area contributed by atoms with Gasteiger partial charge in [-0.3, -0.25) is 4.79 Å². The molecule has 168 valence electrons. The van der Waals surface area contributed by atoms with Crippen LogP contribution in [0.25, 0.3) is 10.8 Å². The van der Waals surface area contributed by atoms with E-state index in [-0.39, 0.29) is 24.0 Å². The van der Waals surface area contributed by atoms with Gasteiger partial charge >= 0.3 is 0 Å². The Morgan fingerprint density at radius 3 is 2.29 bits per heavy atom. The Hall–Kier alpha value is -1.96. The lowest BCUT2D eigenvalue weighted by Gasteiger charge is -2.38. The van der Waals surface area contributed by atoms with E-state index in [0.29, 0.717) is 36.7 Å². The van der Waals surface area contributed by atoms with E-state index in [1.165, 1.54) is 0 Å². The van der Waals surface area contributed by atoms with Gasteiger partial charge in [0.15, 0.2) is 6.04 Å². The predicted molar refractivity (Wildman–Crippen MR) is 122 cm³/mol. The number of rotatable bonds is 7. The van der Waals surface area contributed by atoms with Gasteiger partial charge in [0.1, 0.15) is 0 Å². The Morgan fingerprint density at radius 1 is 1.03 bits per heavy atom. The third-order valence-corrected chi connectivity index (χ3v) is 8.52. The van der Waals surface area contributed by atoms with Crippen molar-refractivity contribution in [1.29, 1.82) is 0 Å². The van der Waals surface area contributed by atoms with E-state index in [9.17, 15) is 13.2 Å². The van der Waals surface area contributed by atoms with E-state index < -0.39 is 10.0 Å². The molecular weight excluding hydrogens is 410 g/mol. The fourth-order valence-corrected chi connectivity index (χ4v) is 6.97. The molecule has 1 saturated heterocycles. The van der Waals surface area contributed by atoms with Crippen LogP contribution in [-0.4, -0.2) is 54.7 Å². The fraction of sp³-hybridized carbons (Fsp3) is 0.542. The Morgan fingerprint density at radius 2 is 1.65 bits per heavy atom. The van der Waals surface area contributed by atoms with Crippen molar-refractivity contribution in [3.8, 4) is 0 Å². The molecule has 7 heteroatoms. The van der Waals surface area contributed by atoms with Crippen molar-refractivity contribution in [2.24, 2.45) is 5.92 Å². The normalized spacial score (nSPS) is 19.3. The summed E-state index contributed by atoms with van der Waals surface area (Å²) in [6.45, 7) is 5.40. The van der Waals surface area contributed by atoms with Crippen LogP contribution in [0.15, 0.2) is 47.4 Å². The summed E-state index contributed by atoms with van der Waals surface area (Å²) in [4.78, 5) is 15.0. The molecule has 0 unspecified atom stereocenters. The maximum Gasteiger partial charge on any atom is 0.280 e. The fourth-order valence-electron chi connectivity index (χ4n) is 4.82. The van der Waals surface area contributed by atoms with Crippen LogP contribution in [0.3, 0.4) is 0 Å². The number of carbonyl (C=O) groups excluding carboxylic acids is 1. The van der Waals surface area contributed by atoms with Crippen LogP contribution in [0.4, 0.5) is 0 Å². The van der Waals surface area contributed by atoms with E-state index in [2.05, 4.69) is 19.6 Å². The van der Waals surface area contributed by atoms with Gasteiger partial charge in [0, 0.05) is 37.0 Å². The third-order valence-electron chi connectivity index (χ3n) is 6.45. The number of quaternary nitrogens is 1. The van der Waals surface area contributed by atoms with Crippen molar-refractivity contribution < 1.29 is 18.9 Å². The van der Waals surface area contributed by atoms with Crippen molar-refractivity contribution in [2.45, 2.75) is 69.0 Å². The monoisotopic (exact) mass is 444 g/mol. The van der Waals surface area contributed by atoms with Crippen molar-refractivity contribution in [1.82, 2.24) is 9.21 Å². The van der Waals surface area contributed by atoms with Crippen LogP contribution in [0.1, 0.15) is 46.0 Å². The maximum absolute atomic E-state index is 13.8. The number of piperidine rings is 1. The van der Waals surface area contributed by atoms with Gasteiger partial charge in [0.25, 0.3) is 5.91 Å². The van der Waals surface area contributed by atoms with Crippen molar-refractivity contribution in [3.05, 3.63) is 42.5 Å². The number of benzene rings is 2. The van der Waals surface area contributed by atoms with E-state index >= 15 is 0 Å². The molecule has 2 fully saturated rings. The minimum atomic E-state index is -3.62. The number of sulfonamides is 1. The number of amides is 1. The molecule has 0 spiro atoms. The molecule has 1 aliphatic carbocycles. The highest BCUT2D eigenvalue weighted by atomic mass is 32.2. The summed E-state index contributed by atoms with van der Waals surface area (Å²) >= 11 is 0. The van der Waals surface area contributed by atoms with Gasteiger partial charge in [0.2, 0.25) is 10.0 Å². The number of nitrogens with zero attached hydrogens (tertiary/aromatic N) is 2. The van der Waals surface area contributed by atoms with Crippen LogP contribution < -0.4 is 5.73 Å². The molecule has 1 atom stereocenters. The Balaban J connectivity index is 1.53. The molecule has 2 aliphatic rings. The highest BCUT2D eigenvalue weighted by molar-refractivity contribution is 7.89. The molecule has 1 heterocycles. The van der Waals surface area contributed by atoms with Crippen molar-refractivity contribution >= 4 is 26.7 Å². The highest BCUT2D eigenvalue weighted by Gasteiger charge is 2.44. The Labute approximate surface area is 185 Å². The first-order chi connectivity index (χ1) is 14.8. The van der Waals surface area contributed by atoms with Gasteiger partial charge in [0.05, 0.1) is 4.90 Å². The summed E-state index contributed by atoms with van der Waals surface area (Å²) in [6.07, 6.45) is 3.97. The zero-order valence-electron chi connectivity index (χ0n) is 18.5. The zero-order valence-corrected chi connectivity index (χ0v) is 19.4. The van der Waals surface area contributed by atoms with Gasteiger partial charge in [-0.15, -0.1) is 0 Å². The molecule has 2 aromatic rings. The summed E-state index contributed by atoms with van der Waals surface area (Å²) in [5, 5.41) is 1.71. The van der Waals surface area contributed by atoms with E-state index in [1.54, 1.807) is 10.4 Å². The molecule has 4 rings (SSSR count). The van der Waals surface area contributed by atoms with Crippen molar-refractivity contribution in [3.63, 3.8) is 0 Å². The van der Waals surface area contributed by atoms with Gasteiger partial charge in [-0.2, -0.15) is 4.31 Å².